The minimum Gasteiger partial charge on any atom is -0.494 e. The number of benzene rings is 1. The number of nitrogens with one attached hydrogen (secondary N) is 2. The molecule has 1 aromatic carbocycles. The van der Waals surface area contributed by atoms with Gasteiger partial charge < -0.3 is 15.0 Å². The van der Waals surface area contributed by atoms with E-state index in [0.717, 1.165) is 34.2 Å². The van der Waals surface area contributed by atoms with E-state index in [1.54, 1.807) is 11.8 Å². The molecular formula is C16H25N3OS. The Morgan fingerprint density at radius 3 is 2.81 bits per heavy atom. The summed E-state index contributed by atoms with van der Waals surface area (Å²) in [6, 6.07) is 6.49. The second-order valence-corrected chi connectivity index (χ2v) is 6.38. The Hall–Kier alpha value is -1.20. The lowest BCUT2D eigenvalue weighted by Gasteiger charge is -2.20. The number of ether oxygens (including phenoxy) is 1. The second kappa shape index (κ2) is 7.71. The van der Waals surface area contributed by atoms with Crippen LogP contribution in [0.25, 0.3) is 11.0 Å². The van der Waals surface area contributed by atoms with Crippen molar-refractivity contribution in [2.24, 2.45) is 5.92 Å². The number of thioether (sulfide) groups is 1. The maximum absolute atomic E-state index is 5.52. The molecule has 0 aliphatic carbocycles. The van der Waals surface area contributed by atoms with Gasteiger partial charge in [-0.25, -0.2) is 4.98 Å². The van der Waals surface area contributed by atoms with Crippen molar-refractivity contribution in [1.82, 2.24) is 15.3 Å². The van der Waals surface area contributed by atoms with Gasteiger partial charge >= 0.3 is 0 Å². The number of imidazole rings is 1. The third-order valence-corrected chi connectivity index (χ3v) is 4.41. The summed E-state index contributed by atoms with van der Waals surface area (Å²) in [6.45, 7) is 10.3. The van der Waals surface area contributed by atoms with Crippen molar-refractivity contribution in [2.75, 3.05) is 18.9 Å². The first kappa shape index (κ1) is 16.2. The minimum atomic E-state index is 0.507. The fraction of sp³-hybridized carbons (Fsp3) is 0.562. The van der Waals surface area contributed by atoms with Gasteiger partial charge in [-0.2, -0.15) is 0 Å². The largest absolute Gasteiger partial charge is 0.494 e. The quantitative estimate of drug-likeness (QED) is 0.730. The summed E-state index contributed by atoms with van der Waals surface area (Å²) in [5.41, 5.74) is 2.03. The highest BCUT2D eigenvalue weighted by molar-refractivity contribution is 7.99. The van der Waals surface area contributed by atoms with Gasteiger partial charge in [-0.05, 0) is 31.5 Å². The van der Waals surface area contributed by atoms with Gasteiger partial charge in [0.1, 0.15) is 5.75 Å². The van der Waals surface area contributed by atoms with E-state index in [4.69, 9.17) is 4.74 Å². The molecular weight excluding hydrogens is 282 g/mol. The summed E-state index contributed by atoms with van der Waals surface area (Å²) in [6.07, 6.45) is 0. The SMILES string of the molecule is CCNC(CSc1nc2ccc(OCC)cc2[nH]1)C(C)C. The fourth-order valence-corrected chi connectivity index (χ4v) is 3.39. The summed E-state index contributed by atoms with van der Waals surface area (Å²) in [4.78, 5) is 8.00. The Balaban J connectivity index is 2.05. The van der Waals surface area contributed by atoms with Crippen molar-refractivity contribution in [3.8, 4) is 5.75 Å². The van der Waals surface area contributed by atoms with Crippen molar-refractivity contribution >= 4 is 22.8 Å². The molecule has 0 radical (unpaired) electrons. The number of rotatable bonds is 8. The van der Waals surface area contributed by atoms with E-state index in [1.807, 2.05) is 25.1 Å². The third kappa shape index (κ3) is 4.38. The molecule has 21 heavy (non-hydrogen) atoms. The Labute approximate surface area is 131 Å². The van der Waals surface area contributed by atoms with Crippen LogP contribution in [-0.4, -0.2) is 34.9 Å². The Morgan fingerprint density at radius 1 is 1.33 bits per heavy atom. The molecule has 2 aromatic rings. The van der Waals surface area contributed by atoms with E-state index in [1.165, 1.54) is 0 Å². The van der Waals surface area contributed by atoms with Gasteiger partial charge in [0.25, 0.3) is 0 Å². The van der Waals surface area contributed by atoms with Crippen molar-refractivity contribution < 1.29 is 4.74 Å². The van der Waals surface area contributed by atoms with E-state index in [-0.39, 0.29) is 0 Å². The Kier molecular flexibility index (Phi) is 5.94. The molecule has 0 saturated carbocycles. The molecule has 0 aliphatic heterocycles. The first-order chi connectivity index (χ1) is 10.1. The van der Waals surface area contributed by atoms with Crippen LogP contribution in [0, 0.1) is 5.92 Å². The molecule has 4 nitrogen and oxygen atoms in total. The topological polar surface area (TPSA) is 49.9 Å². The van der Waals surface area contributed by atoms with E-state index < -0.39 is 0 Å². The third-order valence-electron chi connectivity index (χ3n) is 3.41. The monoisotopic (exact) mass is 307 g/mol. The Bertz CT molecular complexity index is 568. The average Bonchev–Trinajstić information content (AvgIpc) is 2.85. The highest BCUT2D eigenvalue weighted by atomic mass is 32.2. The number of hydrogen-bond acceptors (Lipinski definition) is 4. The molecule has 1 unspecified atom stereocenters. The maximum atomic E-state index is 5.52. The number of aromatic nitrogens is 2. The van der Waals surface area contributed by atoms with Crippen LogP contribution in [0.3, 0.4) is 0 Å². The number of fused-ring (bicyclic) bond motifs is 1. The molecule has 0 saturated heterocycles. The van der Waals surface area contributed by atoms with Gasteiger partial charge in [0.15, 0.2) is 5.16 Å². The number of H-pyrrole nitrogens is 1. The molecule has 0 aliphatic rings. The van der Waals surface area contributed by atoms with Crippen molar-refractivity contribution in [3.63, 3.8) is 0 Å². The smallest absolute Gasteiger partial charge is 0.166 e. The molecule has 2 N–H and O–H groups in total. The summed E-state index contributed by atoms with van der Waals surface area (Å²) in [5, 5.41) is 4.50. The molecule has 1 heterocycles. The normalized spacial score (nSPS) is 13.0. The molecule has 116 valence electrons. The van der Waals surface area contributed by atoms with E-state index in [0.29, 0.717) is 18.6 Å². The van der Waals surface area contributed by atoms with E-state index >= 15 is 0 Å². The standard InChI is InChI=1S/C16H25N3OS/c1-5-17-15(11(3)4)10-21-16-18-13-8-7-12(20-6-2)9-14(13)19-16/h7-9,11,15,17H,5-6,10H2,1-4H3,(H,18,19). The van der Waals surface area contributed by atoms with Gasteiger partial charge in [0.2, 0.25) is 0 Å². The molecule has 1 aromatic heterocycles. The molecule has 0 spiro atoms. The van der Waals surface area contributed by atoms with Crippen LogP contribution < -0.4 is 10.1 Å². The van der Waals surface area contributed by atoms with Gasteiger partial charge in [-0.1, -0.05) is 32.5 Å². The predicted octanol–water partition coefficient (Wildman–Crippen LogP) is 3.69. The van der Waals surface area contributed by atoms with Gasteiger partial charge in [0.05, 0.1) is 17.6 Å². The van der Waals surface area contributed by atoms with Crippen molar-refractivity contribution in [1.29, 1.82) is 0 Å². The van der Waals surface area contributed by atoms with Crippen molar-refractivity contribution in [2.45, 2.75) is 38.9 Å². The van der Waals surface area contributed by atoms with Crippen LogP contribution in [0.5, 0.6) is 5.75 Å². The number of hydrogen-bond donors (Lipinski definition) is 2. The fourth-order valence-electron chi connectivity index (χ4n) is 2.21. The zero-order valence-electron chi connectivity index (χ0n) is 13.3. The molecule has 5 heteroatoms. The maximum Gasteiger partial charge on any atom is 0.166 e. The van der Waals surface area contributed by atoms with Crippen LogP contribution in [0.4, 0.5) is 0 Å². The predicted molar refractivity (Wildman–Crippen MR) is 90.3 cm³/mol. The number of nitrogens with zero attached hydrogens (tertiary/aromatic N) is 1. The lowest BCUT2D eigenvalue weighted by molar-refractivity contribution is 0.340. The molecule has 0 amide bonds. The lowest BCUT2D eigenvalue weighted by Crippen LogP contribution is -2.35. The first-order valence-corrected chi connectivity index (χ1v) is 8.61. The summed E-state index contributed by atoms with van der Waals surface area (Å²) < 4.78 is 5.52. The van der Waals surface area contributed by atoms with Crippen LogP contribution in [0.2, 0.25) is 0 Å². The van der Waals surface area contributed by atoms with Crippen molar-refractivity contribution in [3.05, 3.63) is 18.2 Å². The van der Waals surface area contributed by atoms with E-state index in [2.05, 4.69) is 36.1 Å². The lowest BCUT2D eigenvalue weighted by atomic mass is 10.1. The molecule has 2 rings (SSSR count). The first-order valence-electron chi connectivity index (χ1n) is 7.62. The summed E-state index contributed by atoms with van der Waals surface area (Å²) in [5.74, 6) is 2.52. The summed E-state index contributed by atoms with van der Waals surface area (Å²) in [7, 11) is 0. The molecule has 0 bridgehead atoms. The number of aromatic amines is 1. The minimum absolute atomic E-state index is 0.507. The Morgan fingerprint density at radius 2 is 2.14 bits per heavy atom. The summed E-state index contributed by atoms with van der Waals surface area (Å²) >= 11 is 1.77. The highest BCUT2D eigenvalue weighted by Gasteiger charge is 2.13. The van der Waals surface area contributed by atoms with Crippen LogP contribution in [0.1, 0.15) is 27.7 Å². The van der Waals surface area contributed by atoms with Crippen LogP contribution >= 0.6 is 11.8 Å². The van der Waals surface area contributed by atoms with Gasteiger partial charge in [-0.15, -0.1) is 0 Å². The second-order valence-electron chi connectivity index (χ2n) is 5.37. The zero-order valence-corrected chi connectivity index (χ0v) is 14.1. The zero-order chi connectivity index (χ0) is 15.2. The van der Waals surface area contributed by atoms with Crippen LogP contribution in [0.15, 0.2) is 23.4 Å². The molecule has 0 fully saturated rings. The van der Waals surface area contributed by atoms with Gasteiger partial charge in [0, 0.05) is 17.9 Å². The van der Waals surface area contributed by atoms with Gasteiger partial charge in [-0.3, -0.25) is 0 Å². The van der Waals surface area contributed by atoms with E-state index in [9.17, 15) is 0 Å². The molecule has 1 atom stereocenters. The highest BCUT2D eigenvalue weighted by Crippen LogP contribution is 2.24. The van der Waals surface area contributed by atoms with Crippen LogP contribution in [-0.2, 0) is 0 Å². The average molecular weight is 307 g/mol.